The van der Waals surface area contributed by atoms with E-state index < -0.39 is 29.6 Å². The van der Waals surface area contributed by atoms with Crippen molar-refractivity contribution in [2.24, 2.45) is 0 Å². The van der Waals surface area contributed by atoms with Gasteiger partial charge in [-0.25, -0.2) is 14.7 Å². The fraction of sp³-hybridized carbons (Fsp3) is 0.333. The first-order valence-corrected chi connectivity index (χ1v) is 5.96. The average molecular weight is 295 g/mol. The lowest BCUT2D eigenvalue weighted by Gasteiger charge is -2.20. The topological polar surface area (TPSA) is 135 Å². The van der Waals surface area contributed by atoms with Crippen LogP contribution in [0.5, 0.6) is 0 Å². The van der Waals surface area contributed by atoms with Crippen molar-refractivity contribution in [2.45, 2.75) is 19.1 Å². The Kier molecular flexibility index (Phi) is 3.76. The van der Waals surface area contributed by atoms with Crippen LogP contribution in [0.3, 0.4) is 0 Å². The number of esters is 1. The fourth-order valence-electron chi connectivity index (χ4n) is 2.06. The second kappa shape index (κ2) is 5.37. The largest absolute Gasteiger partial charge is 0.480 e. The Morgan fingerprint density at radius 1 is 1.43 bits per heavy atom. The molecule has 0 radical (unpaired) electrons. The zero-order valence-electron chi connectivity index (χ0n) is 11.2. The van der Waals surface area contributed by atoms with Gasteiger partial charge in [0.05, 0.1) is 18.8 Å². The number of ether oxygens (including phenoxy) is 1. The summed E-state index contributed by atoms with van der Waals surface area (Å²) in [6.07, 6.45) is 1.16. The monoisotopic (exact) mass is 295 g/mol. The van der Waals surface area contributed by atoms with Gasteiger partial charge in [0.15, 0.2) is 6.04 Å². The summed E-state index contributed by atoms with van der Waals surface area (Å²) in [5, 5.41) is 24.7. The van der Waals surface area contributed by atoms with Gasteiger partial charge in [0.25, 0.3) is 5.56 Å². The second-order valence-electron chi connectivity index (χ2n) is 4.45. The summed E-state index contributed by atoms with van der Waals surface area (Å²) in [5.74, 6) is -2.07. The van der Waals surface area contributed by atoms with Gasteiger partial charge in [0, 0.05) is 12.4 Å². The number of carbonyl (C=O) groups excluding carboxylic acids is 1. The second-order valence-corrected chi connectivity index (χ2v) is 4.45. The van der Waals surface area contributed by atoms with Crippen LogP contribution in [-0.4, -0.2) is 50.1 Å². The summed E-state index contributed by atoms with van der Waals surface area (Å²) >= 11 is 0. The molecule has 0 amide bonds. The SMILES string of the molecule is COC(=O)c1cn(C(C(=O)O)C(C)O)cc2c(=O)[nH]nc1-2. The molecular formula is C12H13N3O6. The first-order valence-electron chi connectivity index (χ1n) is 5.96. The molecule has 9 nitrogen and oxygen atoms in total. The lowest BCUT2D eigenvalue weighted by Crippen LogP contribution is -2.30. The maximum Gasteiger partial charge on any atom is 0.341 e. The van der Waals surface area contributed by atoms with Crippen molar-refractivity contribution in [3.63, 3.8) is 0 Å². The number of aromatic nitrogens is 3. The number of carboxylic acids is 1. The first-order chi connectivity index (χ1) is 9.86. The van der Waals surface area contributed by atoms with Gasteiger partial charge in [-0.3, -0.25) is 4.79 Å². The molecule has 2 rings (SSSR count). The van der Waals surface area contributed by atoms with Crippen LogP contribution in [-0.2, 0) is 9.53 Å². The lowest BCUT2D eigenvalue weighted by molar-refractivity contribution is -0.144. The van der Waals surface area contributed by atoms with Crippen LogP contribution in [0.2, 0.25) is 0 Å². The van der Waals surface area contributed by atoms with Crippen molar-refractivity contribution < 1.29 is 24.5 Å². The van der Waals surface area contributed by atoms with Crippen molar-refractivity contribution in [3.05, 3.63) is 28.3 Å². The number of hydrogen-bond acceptors (Lipinski definition) is 6. The van der Waals surface area contributed by atoms with Gasteiger partial charge in [-0.1, -0.05) is 0 Å². The van der Waals surface area contributed by atoms with E-state index in [1.54, 1.807) is 0 Å². The van der Waals surface area contributed by atoms with Crippen molar-refractivity contribution >= 4 is 11.9 Å². The smallest absolute Gasteiger partial charge is 0.341 e. The molecule has 2 aliphatic rings. The number of aromatic amines is 1. The van der Waals surface area contributed by atoms with E-state index in [0.717, 1.165) is 11.7 Å². The molecule has 0 aromatic rings. The van der Waals surface area contributed by atoms with Gasteiger partial charge >= 0.3 is 11.9 Å². The van der Waals surface area contributed by atoms with Crippen LogP contribution in [0, 0.1) is 0 Å². The summed E-state index contributed by atoms with van der Waals surface area (Å²) in [6.45, 7) is 1.29. The number of fused-ring (bicyclic) bond motifs is 1. The van der Waals surface area contributed by atoms with E-state index in [2.05, 4.69) is 14.9 Å². The molecule has 2 aliphatic heterocycles. The summed E-state index contributed by atoms with van der Waals surface area (Å²) in [7, 11) is 1.15. The number of hydrogen-bond donors (Lipinski definition) is 3. The van der Waals surface area contributed by atoms with Crippen LogP contribution in [0.15, 0.2) is 17.2 Å². The summed E-state index contributed by atoms with van der Waals surface area (Å²) in [6, 6.07) is -1.35. The maximum absolute atomic E-state index is 11.7. The van der Waals surface area contributed by atoms with Gasteiger partial charge in [-0.05, 0) is 6.92 Å². The van der Waals surface area contributed by atoms with Gasteiger partial charge < -0.3 is 19.5 Å². The molecule has 21 heavy (non-hydrogen) atoms. The number of aliphatic carboxylic acids is 1. The highest BCUT2D eigenvalue weighted by Crippen LogP contribution is 2.24. The highest BCUT2D eigenvalue weighted by molar-refractivity contribution is 5.96. The Morgan fingerprint density at radius 2 is 2.10 bits per heavy atom. The number of nitrogens with zero attached hydrogens (tertiary/aromatic N) is 2. The highest BCUT2D eigenvalue weighted by atomic mass is 16.5. The number of rotatable bonds is 4. The predicted molar refractivity (Wildman–Crippen MR) is 69.2 cm³/mol. The number of pyridine rings is 1. The third-order valence-corrected chi connectivity index (χ3v) is 3.02. The van der Waals surface area contributed by atoms with Crippen molar-refractivity contribution in [3.8, 4) is 11.3 Å². The lowest BCUT2D eigenvalue weighted by atomic mass is 10.1. The number of H-pyrrole nitrogens is 1. The highest BCUT2D eigenvalue weighted by Gasteiger charge is 2.29. The third kappa shape index (κ3) is 2.50. The molecule has 3 N–H and O–H groups in total. The number of aliphatic hydroxyl groups is 1. The standard InChI is InChI=1S/C12H13N3O6/c1-5(16)9(11(18)19)15-3-6-8(13-14-10(6)17)7(4-15)12(20)21-2/h3-5,9,16H,1-2H3,(H,14,17)(H,18,19). The van der Waals surface area contributed by atoms with Crippen molar-refractivity contribution in [2.75, 3.05) is 7.11 Å². The van der Waals surface area contributed by atoms with Crippen LogP contribution < -0.4 is 5.56 Å². The summed E-state index contributed by atoms with van der Waals surface area (Å²) < 4.78 is 5.67. The molecule has 9 heteroatoms. The minimum atomic E-state index is -1.35. The number of methoxy groups -OCH3 is 1. The summed E-state index contributed by atoms with van der Waals surface area (Å²) in [4.78, 5) is 34.7. The van der Waals surface area contributed by atoms with Crippen molar-refractivity contribution in [1.82, 2.24) is 14.8 Å². The fourth-order valence-corrected chi connectivity index (χ4v) is 2.06. The van der Waals surface area contributed by atoms with Crippen LogP contribution in [0.4, 0.5) is 0 Å². The number of nitrogens with one attached hydrogen (secondary N) is 1. The number of carboxylic acid groups (broad SMARTS) is 1. The number of carbonyl (C=O) groups is 2. The van der Waals surface area contributed by atoms with E-state index in [1.807, 2.05) is 0 Å². The van der Waals surface area contributed by atoms with Gasteiger partial charge in [0.1, 0.15) is 11.3 Å². The van der Waals surface area contributed by atoms with Crippen LogP contribution in [0.1, 0.15) is 23.3 Å². The molecule has 112 valence electrons. The molecule has 2 unspecified atom stereocenters. The quantitative estimate of drug-likeness (QED) is 0.645. The molecule has 0 bridgehead atoms. The molecule has 0 aromatic heterocycles. The molecule has 2 atom stereocenters. The third-order valence-electron chi connectivity index (χ3n) is 3.02. The first kappa shape index (κ1) is 14.7. The van der Waals surface area contributed by atoms with E-state index in [-0.39, 0.29) is 16.8 Å². The molecular weight excluding hydrogens is 282 g/mol. The average Bonchev–Trinajstić information content (AvgIpc) is 2.78. The van der Waals surface area contributed by atoms with E-state index in [0.29, 0.717) is 0 Å². The zero-order valence-corrected chi connectivity index (χ0v) is 11.2. The Morgan fingerprint density at radius 3 is 2.62 bits per heavy atom. The van der Waals surface area contributed by atoms with Crippen LogP contribution in [0.25, 0.3) is 11.3 Å². The maximum atomic E-state index is 11.7. The molecule has 0 fully saturated rings. The van der Waals surface area contributed by atoms with E-state index in [1.165, 1.54) is 19.3 Å². The van der Waals surface area contributed by atoms with E-state index >= 15 is 0 Å². The zero-order chi connectivity index (χ0) is 15.7. The Balaban J connectivity index is 2.72. The molecule has 0 saturated carbocycles. The van der Waals surface area contributed by atoms with Gasteiger partial charge in [-0.15, -0.1) is 0 Å². The Bertz CT molecular complexity index is 716. The molecule has 2 heterocycles. The van der Waals surface area contributed by atoms with E-state index in [9.17, 15) is 24.6 Å². The number of aliphatic hydroxyl groups excluding tert-OH is 1. The predicted octanol–water partition coefficient (Wildman–Crippen LogP) is -0.531. The minimum absolute atomic E-state index is 0.0322. The molecule has 0 aliphatic carbocycles. The summed E-state index contributed by atoms with van der Waals surface area (Å²) in [5.41, 5.74) is -0.526. The van der Waals surface area contributed by atoms with E-state index in [4.69, 9.17) is 0 Å². The molecule has 0 aromatic carbocycles. The Hall–Kier alpha value is -2.68. The van der Waals surface area contributed by atoms with Gasteiger partial charge in [0.2, 0.25) is 0 Å². The van der Waals surface area contributed by atoms with Crippen molar-refractivity contribution in [1.29, 1.82) is 0 Å². The molecule has 0 spiro atoms. The molecule has 0 saturated heterocycles. The van der Waals surface area contributed by atoms with Gasteiger partial charge in [-0.2, -0.15) is 5.10 Å². The normalized spacial score (nSPS) is 13.9. The van der Waals surface area contributed by atoms with Crippen LogP contribution >= 0.6 is 0 Å². The minimum Gasteiger partial charge on any atom is -0.480 e. The Labute approximate surface area is 118 Å².